The van der Waals surface area contributed by atoms with Gasteiger partial charge in [0.05, 0.1) is 26.1 Å². The normalized spacial score (nSPS) is 20.8. The summed E-state index contributed by atoms with van der Waals surface area (Å²) in [5.41, 5.74) is 2.11. The van der Waals surface area contributed by atoms with Crippen LogP contribution < -0.4 is 4.90 Å². The molecule has 0 bridgehead atoms. The summed E-state index contributed by atoms with van der Waals surface area (Å²) in [5.74, 6) is 0.463. The average molecular weight is 348 g/mol. The molecule has 7 heteroatoms. The van der Waals surface area contributed by atoms with Crippen LogP contribution in [-0.2, 0) is 16.2 Å². The van der Waals surface area contributed by atoms with Crippen LogP contribution in [0.4, 0.5) is 0 Å². The number of quaternary nitrogens is 1. The van der Waals surface area contributed by atoms with Gasteiger partial charge in [0.2, 0.25) is 5.89 Å². The third-order valence-electron chi connectivity index (χ3n) is 4.51. The monoisotopic (exact) mass is 348 g/mol. The summed E-state index contributed by atoms with van der Waals surface area (Å²) in [6, 6.07) is 8.01. The van der Waals surface area contributed by atoms with E-state index in [0.717, 1.165) is 31.5 Å². The molecule has 2 heterocycles. The van der Waals surface area contributed by atoms with E-state index in [1.165, 1.54) is 17.6 Å². The number of aryl methyl sites for hydroxylation is 1. The molecule has 6 nitrogen and oxygen atoms in total. The number of hydrogen-bond acceptors (Lipinski definition) is 5. The van der Waals surface area contributed by atoms with E-state index in [0.29, 0.717) is 17.4 Å². The van der Waals surface area contributed by atoms with Crippen LogP contribution in [-0.4, -0.2) is 35.9 Å². The molecule has 1 aliphatic rings. The lowest BCUT2D eigenvalue weighted by molar-refractivity contribution is -0.929. The minimum Gasteiger partial charge on any atom is -0.469 e. The lowest BCUT2D eigenvalue weighted by Gasteiger charge is -2.27. The van der Waals surface area contributed by atoms with Crippen LogP contribution in [0.15, 0.2) is 28.7 Å². The van der Waals surface area contributed by atoms with E-state index in [9.17, 15) is 4.79 Å². The Hall–Kier alpha value is -1.99. The van der Waals surface area contributed by atoms with Gasteiger partial charge in [-0.3, -0.25) is 4.79 Å². The quantitative estimate of drug-likeness (QED) is 0.672. The van der Waals surface area contributed by atoms with E-state index in [2.05, 4.69) is 5.10 Å². The predicted molar refractivity (Wildman–Crippen MR) is 90.9 cm³/mol. The SMILES string of the molecule is COC(=O)C1CC[NH+](Cn2nc(-c3ccc(C)cc3)oc2=S)CC1. The number of methoxy groups -OCH3 is 1. The maximum atomic E-state index is 11.6. The van der Waals surface area contributed by atoms with Gasteiger partial charge in [-0.2, -0.15) is 4.68 Å². The smallest absolute Gasteiger partial charge is 0.309 e. The Morgan fingerprint density at radius 3 is 2.67 bits per heavy atom. The van der Waals surface area contributed by atoms with Crippen molar-refractivity contribution in [2.75, 3.05) is 20.2 Å². The topological polar surface area (TPSA) is 61.7 Å². The summed E-state index contributed by atoms with van der Waals surface area (Å²) < 4.78 is 12.2. The van der Waals surface area contributed by atoms with Crippen LogP contribution in [0.3, 0.4) is 0 Å². The highest BCUT2D eigenvalue weighted by atomic mass is 32.1. The molecule has 2 aromatic rings. The number of aromatic nitrogens is 2. The number of ether oxygens (including phenoxy) is 1. The third kappa shape index (κ3) is 3.73. The van der Waals surface area contributed by atoms with Gasteiger partial charge in [0.25, 0.3) is 4.84 Å². The van der Waals surface area contributed by atoms with Gasteiger partial charge in [0, 0.05) is 18.4 Å². The summed E-state index contributed by atoms with van der Waals surface area (Å²) in [7, 11) is 1.45. The van der Waals surface area contributed by atoms with Crippen LogP contribution in [0.5, 0.6) is 0 Å². The molecule has 1 aliphatic heterocycles. The highest BCUT2D eigenvalue weighted by Gasteiger charge is 2.28. The van der Waals surface area contributed by atoms with Crippen LogP contribution in [0.25, 0.3) is 11.5 Å². The van der Waals surface area contributed by atoms with Crippen molar-refractivity contribution in [2.24, 2.45) is 5.92 Å². The van der Waals surface area contributed by atoms with E-state index < -0.39 is 0 Å². The van der Waals surface area contributed by atoms with E-state index in [4.69, 9.17) is 21.4 Å². The molecule has 3 rings (SSSR count). The van der Waals surface area contributed by atoms with Gasteiger partial charge < -0.3 is 14.1 Å². The first kappa shape index (κ1) is 16.9. The number of hydrogen-bond donors (Lipinski definition) is 1. The Bertz CT molecular complexity index is 758. The van der Waals surface area contributed by atoms with Gasteiger partial charge >= 0.3 is 5.97 Å². The molecular formula is C17H22N3O3S+. The molecule has 0 unspecified atom stereocenters. The van der Waals surface area contributed by atoms with Gasteiger partial charge in [-0.1, -0.05) is 17.7 Å². The fraction of sp³-hybridized carbons (Fsp3) is 0.471. The van der Waals surface area contributed by atoms with E-state index in [-0.39, 0.29) is 11.9 Å². The lowest BCUT2D eigenvalue weighted by Crippen LogP contribution is -3.12. The number of nitrogens with zero attached hydrogens (tertiary/aromatic N) is 2. The fourth-order valence-electron chi connectivity index (χ4n) is 3.02. The van der Waals surface area contributed by atoms with Crippen molar-refractivity contribution in [2.45, 2.75) is 26.4 Å². The number of likely N-dealkylation sites (tertiary alicyclic amines) is 1. The lowest BCUT2D eigenvalue weighted by atomic mass is 9.97. The number of rotatable bonds is 4. The van der Waals surface area contributed by atoms with E-state index in [1.54, 1.807) is 4.68 Å². The Labute approximate surface area is 146 Å². The fourth-order valence-corrected chi connectivity index (χ4v) is 3.20. The van der Waals surface area contributed by atoms with Crippen LogP contribution in [0, 0.1) is 17.7 Å². The molecule has 24 heavy (non-hydrogen) atoms. The molecule has 0 radical (unpaired) electrons. The van der Waals surface area contributed by atoms with Crippen molar-refractivity contribution < 1.29 is 18.8 Å². The maximum Gasteiger partial charge on any atom is 0.309 e. The number of carbonyl (C=O) groups is 1. The summed E-state index contributed by atoms with van der Waals surface area (Å²) in [6.45, 7) is 4.49. The highest BCUT2D eigenvalue weighted by molar-refractivity contribution is 7.71. The Kier molecular flexibility index (Phi) is 5.11. The van der Waals surface area contributed by atoms with Crippen molar-refractivity contribution in [3.63, 3.8) is 0 Å². The molecule has 0 atom stereocenters. The zero-order valence-electron chi connectivity index (χ0n) is 13.9. The summed E-state index contributed by atoms with van der Waals surface area (Å²) in [5, 5.41) is 4.51. The minimum atomic E-state index is -0.103. The second-order valence-corrected chi connectivity index (χ2v) is 6.59. The minimum absolute atomic E-state index is 0.0205. The van der Waals surface area contributed by atoms with Crippen molar-refractivity contribution in [3.8, 4) is 11.5 Å². The average Bonchev–Trinajstić information content (AvgIpc) is 2.96. The molecule has 128 valence electrons. The number of esters is 1. The molecule has 1 saturated heterocycles. The summed E-state index contributed by atoms with van der Waals surface area (Å²) >= 11 is 5.30. The second-order valence-electron chi connectivity index (χ2n) is 6.24. The zero-order chi connectivity index (χ0) is 17.1. The molecule has 0 saturated carbocycles. The molecule has 0 spiro atoms. The first-order valence-corrected chi connectivity index (χ1v) is 8.54. The van der Waals surface area contributed by atoms with Crippen molar-refractivity contribution >= 4 is 18.2 Å². The second kappa shape index (κ2) is 7.27. The first-order valence-electron chi connectivity index (χ1n) is 8.13. The number of benzene rings is 1. The maximum absolute atomic E-state index is 11.6. The standard InChI is InChI=1S/C17H21N3O3S/c1-12-3-5-13(6-4-12)15-18-20(17(24)23-15)11-19-9-7-14(8-10-19)16(21)22-2/h3-6,14H,7-11H2,1-2H3/p+1. The van der Waals surface area contributed by atoms with Crippen LogP contribution in [0.2, 0.25) is 0 Å². The van der Waals surface area contributed by atoms with Crippen molar-refractivity contribution in [3.05, 3.63) is 34.7 Å². The molecule has 1 N–H and O–H groups in total. The Balaban J connectivity index is 1.65. The molecule has 1 fully saturated rings. The zero-order valence-corrected chi connectivity index (χ0v) is 14.8. The van der Waals surface area contributed by atoms with E-state index >= 15 is 0 Å². The Morgan fingerprint density at radius 2 is 2.04 bits per heavy atom. The van der Waals surface area contributed by atoms with Crippen LogP contribution >= 0.6 is 12.2 Å². The largest absolute Gasteiger partial charge is 0.469 e. The van der Waals surface area contributed by atoms with Gasteiger partial charge in [0.15, 0.2) is 6.67 Å². The van der Waals surface area contributed by atoms with Gasteiger partial charge in [-0.05, 0) is 31.3 Å². The van der Waals surface area contributed by atoms with Crippen molar-refractivity contribution in [1.29, 1.82) is 0 Å². The van der Waals surface area contributed by atoms with Crippen molar-refractivity contribution in [1.82, 2.24) is 9.78 Å². The van der Waals surface area contributed by atoms with Gasteiger partial charge in [0.1, 0.15) is 0 Å². The van der Waals surface area contributed by atoms with E-state index in [1.807, 2.05) is 31.2 Å². The molecular weight excluding hydrogens is 326 g/mol. The summed E-state index contributed by atoms with van der Waals surface area (Å²) in [4.78, 5) is 13.3. The molecule has 1 aromatic carbocycles. The van der Waals surface area contributed by atoms with Crippen LogP contribution in [0.1, 0.15) is 18.4 Å². The molecule has 0 amide bonds. The number of piperidine rings is 1. The highest BCUT2D eigenvalue weighted by Crippen LogP contribution is 2.18. The van der Waals surface area contributed by atoms with Gasteiger partial charge in [-0.15, -0.1) is 5.10 Å². The number of carbonyl (C=O) groups excluding carboxylic acids is 1. The third-order valence-corrected chi connectivity index (χ3v) is 4.80. The molecule has 1 aromatic heterocycles. The predicted octanol–water partition coefficient (Wildman–Crippen LogP) is 1.61. The molecule has 0 aliphatic carbocycles. The van der Waals surface area contributed by atoms with Gasteiger partial charge in [-0.25, -0.2) is 0 Å². The summed E-state index contributed by atoms with van der Waals surface area (Å²) in [6.07, 6.45) is 1.66. The Morgan fingerprint density at radius 1 is 1.38 bits per heavy atom. The first-order chi connectivity index (χ1) is 11.6. The number of nitrogens with one attached hydrogen (secondary N) is 1.